The second-order valence-corrected chi connectivity index (χ2v) is 6.58. The van der Waals surface area contributed by atoms with Crippen molar-refractivity contribution in [2.45, 2.75) is 31.5 Å². The van der Waals surface area contributed by atoms with Crippen molar-refractivity contribution < 1.29 is 18.0 Å². The number of hydrogen-bond donors (Lipinski definition) is 2. The van der Waals surface area contributed by atoms with Gasteiger partial charge >= 0.3 is 6.18 Å². The van der Waals surface area contributed by atoms with Gasteiger partial charge in [0.05, 0.1) is 17.3 Å². The average Bonchev–Trinajstić information content (AvgIpc) is 3.28. The molecule has 0 bridgehead atoms. The molecule has 0 aromatic carbocycles. The summed E-state index contributed by atoms with van der Waals surface area (Å²) in [5.74, 6) is 0.156. The summed E-state index contributed by atoms with van der Waals surface area (Å²) in [5, 5.41) is 12.8. The Bertz CT molecular complexity index is 986. The zero-order chi connectivity index (χ0) is 19.0. The number of halogens is 3. The highest BCUT2D eigenvalue weighted by molar-refractivity contribution is 6.08. The number of nitrogens with one attached hydrogen (secondary N) is 2. The van der Waals surface area contributed by atoms with E-state index in [1.807, 2.05) is 11.0 Å². The quantitative estimate of drug-likeness (QED) is 0.729. The Balaban J connectivity index is 1.51. The van der Waals surface area contributed by atoms with Crippen LogP contribution in [0.25, 0.3) is 21.9 Å². The number of fused-ring (bicyclic) bond motifs is 3. The molecule has 0 radical (unpaired) electrons. The van der Waals surface area contributed by atoms with Crippen LogP contribution >= 0.6 is 0 Å². The number of rotatable bonds is 4. The molecule has 4 rings (SSSR count). The lowest BCUT2D eigenvalue weighted by Gasteiger charge is -2.19. The molecule has 1 fully saturated rings. The summed E-state index contributed by atoms with van der Waals surface area (Å²) in [7, 11) is 0. The highest BCUT2D eigenvalue weighted by Crippen LogP contribution is 2.31. The lowest BCUT2D eigenvalue weighted by Crippen LogP contribution is -2.37. The molecule has 1 aliphatic heterocycles. The molecule has 0 aliphatic carbocycles. The van der Waals surface area contributed by atoms with Crippen LogP contribution in [0.5, 0.6) is 0 Å². The smallest absolute Gasteiger partial charge is 0.354 e. The van der Waals surface area contributed by atoms with Crippen LogP contribution < -0.4 is 10.2 Å². The number of nitrogens with zero attached hydrogens (tertiary/aromatic N) is 4. The van der Waals surface area contributed by atoms with Crippen molar-refractivity contribution in [1.29, 1.82) is 0 Å². The molecular weight excluding hydrogens is 361 g/mol. The van der Waals surface area contributed by atoms with Crippen molar-refractivity contribution in [3.63, 3.8) is 0 Å². The molecule has 1 atom stereocenters. The maximum atomic E-state index is 12.3. The van der Waals surface area contributed by atoms with Crippen molar-refractivity contribution in [3.8, 4) is 0 Å². The van der Waals surface area contributed by atoms with Crippen LogP contribution in [0.2, 0.25) is 0 Å². The SMILES string of the molecule is O=C(CCC(F)(F)F)NC1CCN(c2nccc3nnc4[nH]ccc4c23)C1. The molecule has 3 aromatic heterocycles. The van der Waals surface area contributed by atoms with E-state index in [0.717, 1.165) is 16.6 Å². The van der Waals surface area contributed by atoms with Gasteiger partial charge in [0.1, 0.15) is 5.82 Å². The van der Waals surface area contributed by atoms with Crippen molar-refractivity contribution >= 4 is 33.7 Å². The number of aromatic amines is 1. The van der Waals surface area contributed by atoms with E-state index in [-0.39, 0.29) is 6.04 Å². The molecule has 1 aliphatic rings. The van der Waals surface area contributed by atoms with Gasteiger partial charge in [-0.1, -0.05) is 0 Å². The van der Waals surface area contributed by atoms with Crippen molar-refractivity contribution in [2.24, 2.45) is 0 Å². The number of carbonyl (C=O) groups is 1. The second-order valence-electron chi connectivity index (χ2n) is 6.58. The van der Waals surface area contributed by atoms with E-state index in [0.29, 0.717) is 30.7 Å². The number of aromatic nitrogens is 4. The maximum absolute atomic E-state index is 12.3. The number of carbonyl (C=O) groups excluding carboxylic acids is 1. The van der Waals surface area contributed by atoms with Gasteiger partial charge in [0.25, 0.3) is 0 Å². The largest absolute Gasteiger partial charge is 0.389 e. The van der Waals surface area contributed by atoms with Crippen LogP contribution in [-0.2, 0) is 4.79 Å². The summed E-state index contributed by atoms with van der Waals surface area (Å²) >= 11 is 0. The van der Waals surface area contributed by atoms with E-state index in [1.165, 1.54) is 0 Å². The fourth-order valence-electron chi connectivity index (χ4n) is 3.40. The first kappa shape index (κ1) is 17.5. The van der Waals surface area contributed by atoms with E-state index >= 15 is 0 Å². The number of pyridine rings is 1. The third kappa shape index (κ3) is 3.64. The topological polar surface area (TPSA) is 86.8 Å². The summed E-state index contributed by atoms with van der Waals surface area (Å²) in [6, 6.07) is 3.48. The minimum atomic E-state index is -4.32. The molecule has 1 unspecified atom stereocenters. The molecule has 7 nitrogen and oxygen atoms in total. The van der Waals surface area contributed by atoms with E-state index in [2.05, 4.69) is 25.5 Å². The summed E-state index contributed by atoms with van der Waals surface area (Å²) in [5.41, 5.74) is 1.37. The second kappa shape index (κ2) is 6.67. The average molecular weight is 378 g/mol. The zero-order valence-electron chi connectivity index (χ0n) is 14.3. The van der Waals surface area contributed by atoms with Gasteiger partial charge in [-0.2, -0.15) is 13.2 Å². The normalized spacial score (nSPS) is 17.7. The minimum Gasteiger partial charge on any atom is -0.354 e. The van der Waals surface area contributed by atoms with Crippen LogP contribution in [0.3, 0.4) is 0 Å². The molecule has 1 saturated heterocycles. The molecule has 27 heavy (non-hydrogen) atoms. The van der Waals surface area contributed by atoms with Gasteiger partial charge in [0.15, 0.2) is 5.65 Å². The minimum absolute atomic E-state index is 0.209. The lowest BCUT2D eigenvalue weighted by atomic mass is 10.2. The van der Waals surface area contributed by atoms with E-state index < -0.39 is 24.9 Å². The van der Waals surface area contributed by atoms with Gasteiger partial charge in [-0.05, 0) is 18.6 Å². The summed E-state index contributed by atoms with van der Waals surface area (Å²) < 4.78 is 36.8. The first-order valence-corrected chi connectivity index (χ1v) is 8.60. The van der Waals surface area contributed by atoms with Crippen molar-refractivity contribution in [2.75, 3.05) is 18.0 Å². The van der Waals surface area contributed by atoms with Gasteiger partial charge in [0, 0.05) is 43.3 Å². The summed E-state index contributed by atoms with van der Waals surface area (Å²) in [6.45, 7) is 1.13. The molecule has 2 N–H and O–H groups in total. The summed E-state index contributed by atoms with van der Waals surface area (Å²) in [6.07, 6.45) is -1.90. The van der Waals surface area contributed by atoms with Crippen LogP contribution in [0.15, 0.2) is 24.5 Å². The van der Waals surface area contributed by atoms with E-state index in [9.17, 15) is 18.0 Å². The first-order valence-electron chi connectivity index (χ1n) is 8.60. The lowest BCUT2D eigenvalue weighted by molar-refractivity contribution is -0.144. The molecular formula is C17H17F3N6O. The molecule has 1 amide bonds. The number of alkyl halides is 3. The number of amides is 1. The van der Waals surface area contributed by atoms with Gasteiger partial charge in [0.2, 0.25) is 5.91 Å². The van der Waals surface area contributed by atoms with Crippen LogP contribution in [0.1, 0.15) is 19.3 Å². The van der Waals surface area contributed by atoms with Gasteiger partial charge in [-0.15, -0.1) is 10.2 Å². The zero-order valence-corrected chi connectivity index (χ0v) is 14.3. The number of anilines is 1. The number of hydrogen-bond acceptors (Lipinski definition) is 5. The molecule has 10 heteroatoms. The van der Waals surface area contributed by atoms with Crippen LogP contribution in [0.4, 0.5) is 19.0 Å². The Labute approximate surface area is 152 Å². The van der Waals surface area contributed by atoms with E-state index in [1.54, 1.807) is 18.5 Å². The Hall–Kier alpha value is -2.91. The molecule has 3 aromatic rings. The monoisotopic (exact) mass is 378 g/mol. The Morgan fingerprint density at radius 1 is 1.33 bits per heavy atom. The van der Waals surface area contributed by atoms with Crippen molar-refractivity contribution in [3.05, 3.63) is 24.5 Å². The predicted molar refractivity (Wildman–Crippen MR) is 93.2 cm³/mol. The highest BCUT2D eigenvalue weighted by atomic mass is 19.4. The Morgan fingerprint density at radius 3 is 3.00 bits per heavy atom. The molecule has 4 heterocycles. The Kier molecular flexibility index (Phi) is 4.33. The van der Waals surface area contributed by atoms with Crippen LogP contribution in [-0.4, -0.2) is 51.4 Å². The van der Waals surface area contributed by atoms with Crippen molar-refractivity contribution in [1.82, 2.24) is 25.5 Å². The van der Waals surface area contributed by atoms with Gasteiger partial charge in [-0.3, -0.25) is 4.79 Å². The molecule has 142 valence electrons. The first-order chi connectivity index (χ1) is 12.9. The molecule has 0 saturated carbocycles. The van der Waals surface area contributed by atoms with E-state index in [4.69, 9.17) is 0 Å². The van der Waals surface area contributed by atoms with Crippen LogP contribution in [0, 0.1) is 0 Å². The standard InChI is InChI=1S/C17H17F3N6O/c18-17(19,20)5-1-13(27)23-10-4-8-26(9-10)16-14-11-2-6-21-15(11)25-24-12(14)3-7-22-16/h2-3,6-7,10H,1,4-5,8-9H2,(H,21,25)(H,23,27). The Morgan fingerprint density at radius 2 is 2.19 bits per heavy atom. The number of H-pyrrole nitrogens is 1. The maximum Gasteiger partial charge on any atom is 0.389 e. The highest BCUT2D eigenvalue weighted by Gasteiger charge is 2.30. The fourth-order valence-corrected chi connectivity index (χ4v) is 3.40. The summed E-state index contributed by atoms with van der Waals surface area (Å²) in [4.78, 5) is 21.3. The fraction of sp³-hybridized carbons (Fsp3) is 0.412. The van der Waals surface area contributed by atoms with Gasteiger partial charge < -0.3 is 15.2 Å². The third-order valence-corrected chi connectivity index (χ3v) is 4.65. The predicted octanol–water partition coefficient (Wildman–Crippen LogP) is 2.54. The third-order valence-electron chi connectivity index (χ3n) is 4.65. The molecule has 0 spiro atoms. The van der Waals surface area contributed by atoms with Gasteiger partial charge in [-0.25, -0.2) is 4.98 Å².